The van der Waals surface area contributed by atoms with Crippen molar-refractivity contribution in [3.05, 3.63) is 28.3 Å². The number of non-ortho nitro benzene ring substituents is 1. The predicted octanol–water partition coefficient (Wildman–Crippen LogP) is 2.84. The molecule has 1 aromatic carbocycles. The fraction of sp³-hybridized carbons (Fsp3) is 0.500. The number of rotatable bonds is 2. The lowest BCUT2D eigenvalue weighted by molar-refractivity contribution is -0.383. The molecule has 3 rings (SSSR count). The second kappa shape index (κ2) is 4.36. The van der Waals surface area contributed by atoms with Gasteiger partial charge in [0.1, 0.15) is 0 Å². The van der Waals surface area contributed by atoms with Gasteiger partial charge >= 0.3 is 0 Å². The van der Waals surface area contributed by atoms with Gasteiger partial charge in [-0.2, -0.15) is 0 Å². The zero-order chi connectivity index (χ0) is 12.5. The number of nitrogens with zero attached hydrogens (tertiary/aromatic N) is 4. The van der Waals surface area contributed by atoms with Crippen LogP contribution in [0.15, 0.2) is 18.2 Å². The third-order valence-corrected chi connectivity index (χ3v) is 3.60. The van der Waals surface area contributed by atoms with Crippen LogP contribution in [0.4, 0.5) is 5.69 Å². The zero-order valence-electron chi connectivity index (χ0n) is 9.95. The fourth-order valence-electron chi connectivity index (χ4n) is 2.69. The minimum atomic E-state index is -0.401. The van der Waals surface area contributed by atoms with Gasteiger partial charge in [0.2, 0.25) is 0 Å². The maximum atomic E-state index is 10.9. The summed E-state index contributed by atoms with van der Waals surface area (Å²) < 4.78 is 1.86. The van der Waals surface area contributed by atoms with Gasteiger partial charge in [0.15, 0.2) is 5.52 Å². The molecule has 2 aromatic rings. The van der Waals surface area contributed by atoms with Crippen molar-refractivity contribution in [3.8, 4) is 0 Å². The zero-order valence-corrected chi connectivity index (χ0v) is 9.95. The van der Waals surface area contributed by atoms with Gasteiger partial charge < -0.3 is 0 Å². The van der Waals surface area contributed by atoms with Gasteiger partial charge in [-0.1, -0.05) is 30.5 Å². The van der Waals surface area contributed by atoms with E-state index < -0.39 is 4.92 Å². The molecule has 6 heteroatoms. The first-order valence-corrected chi connectivity index (χ1v) is 6.25. The van der Waals surface area contributed by atoms with Crippen molar-refractivity contribution in [2.24, 2.45) is 0 Å². The van der Waals surface area contributed by atoms with Gasteiger partial charge in [0, 0.05) is 6.07 Å². The maximum absolute atomic E-state index is 10.9. The molecule has 1 aliphatic rings. The van der Waals surface area contributed by atoms with Gasteiger partial charge in [0.05, 0.1) is 16.5 Å². The van der Waals surface area contributed by atoms with Gasteiger partial charge in [-0.15, -0.1) is 5.10 Å². The molecule has 1 aliphatic carbocycles. The van der Waals surface area contributed by atoms with E-state index in [1.165, 1.54) is 25.3 Å². The fourth-order valence-corrected chi connectivity index (χ4v) is 2.69. The highest BCUT2D eigenvalue weighted by atomic mass is 16.6. The third-order valence-electron chi connectivity index (χ3n) is 3.60. The van der Waals surface area contributed by atoms with Crippen LogP contribution in [-0.2, 0) is 0 Å². The monoisotopic (exact) mass is 246 g/mol. The van der Waals surface area contributed by atoms with E-state index in [9.17, 15) is 10.1 Å². The Labute approximate surface area is 104 Å². The Balaban J connectivity index is 2.08. The molecule has 18 heavy (non-hydrogen) atoms. The first kappa shape index (κ1) is 11.1. The highest BCUT2D eigenvalue weighted by Crippen LogP contribution is 2.31. The molecule has 0 unspecified atom stereocenters. The minimum absolute atomic E-state index is 0.0366. The molecular weight excluding hydrogens is 232 g/mol. The molecule has 0 saturated heterocycles. The van der Waals surface area contributed by atoms with Crippen LogP contribution < -0.4 is 0 Å². The molecule has 0 radical (unpaired) electrons. The largest absolute Gasteiger partial charge is 0.299 e. The lowest BCUT2D eigenvalue weighted by Crippen LogP contribution is -2.14. The molecule has 0 bridgehead atoms. The molecule has 0 spiro atoms. The van der Waals surface area contributed by atoms with Crippen molar-refractivity contribution >= 4 is 16.7 Å². The second-order valence-electron chi connectivity index (χ2n) is 4.73. The summed E-state index contributed by atoms with van der Waals surface area (Å²) in [6, 6.07) is 5.37. The summed E-state index contributed by atoms with van der Waals surface area (Å²) in [6.45, 7) is 0. The van der Waals surface area contributed by atoms with E-state index in [2.05, 4.69) is 10.3 Å². The molecule has 0 atom stereocenters. The molecule has 0 aliphatic heterocycles. The van der Waals surface area contributed by atoms with Crippen LogP contribution in [0.3, 0.4) is 0 Å². The molecule has 94 valence electrons. The molecular formula is C12H14N4O2. The van der Waals surface area contributed by atoms with Gasteiger partial charge in [0.25, 0.3) is 5.69 Å². The predicted molar refractivity (Wildman–Crippen MR) is 66.3 cm³/mol. The average molecular weight is 246 g/mol. The van der Waals surface area contributed by atoms with Crippen molar-refractivity contribution < 1.29 is 4.92 Å². The van der Waals surface area contributed by atoms with Crippen molar-refractivity contribution in [2.75, 3.05) is 0 Å². The number of aromatic nitrogens is 3. The Morgan fingerprint density at radius 2 is 2.06 bits per heavy atom. The molecule has 1 fully saturated rings. The van der Waals surface area contributed by atoms with E-state index in [1.807, 2.05) is 10.7 Å². The van der Waals surface area contributed by atoms with E-state index >= 15 is 0 Å². The summed E-state index contributed by atoms with van der Waals surface area (Å²) in [5.74, 6) is 0. The van der Waals surface area contributed by atoms with Crippen LogP contribution in [0.5, 0.6) is 0 Å². The quantitative estimate of drug-likeness (QED) is 0.603. The lowest BCUT2D eigenvalue weighted by Gasteiger charge is -2.21. The van der Waals surface area contributed by atoms with Gasteiger partial charge in [-0.25, -0.2) is 4.68 Å². The summed E-state index contributed by atoms with van der Waals surface area (Å²) in [4.78, 5) is 10.5. The van der Waals surface area contributed by atoms with Crippen LogP contribution in [0.2, 0.25) is 0 Å². The first-order chi connectivity index (χ1) is 8.77. The molecule has 1 saturated carbocycles. The SMILES string of the molecule is O=[N+]([O-])c1cccc2c1nnn2C1CCCCC1. The molecule has 6 nitrogen and oxygen atoms in total. The van der Waals surface area contributed by atoms with Crippen molar-refractivity contribution in [1.82, 2.24) is 15.0 Å². The summed E-state index contributed by atoms with van der Waals surface area (Å²) >= 11 is 0. The summed E-state index contributed by atoms with van der Waals surface area (Å²) in [5.41, 5.74) is 1.21. The van der Waals surface area contributed by atoms with Crippen LogP contribution >= 0.6 is 0 Å². The molecule has 1 aromatic heterocycles. The van der Waals surface area contributed by atoms with Crippen LogP contribution in [0, 0.1) is 10.1 Å². The van der Waals surface area contributed by atoms with E-state index in [1.54, 1.807) is 6.07 Å². The Bertz CT molecular complexity index is 587. The Morgan fingerprint density at radius 3 is 2.78 bits per heavy atom. The van der Waals surface area contributed by atoms with E-state index in [0.717, 1.165) is 18.4 Å². The smallest absolute Gasteiger partial charge is 0.258 e. The standard InChI is InChI=1S/C12H14N4O2/c17-16(18)11-8-4-7-10-12(11)13-14-15(10)9-5-2-1-3-6-9/h4,7-9H,1-3,5-6H2. The Morgan fingerprint density at radius 1 is 1.28 bits per heavy atom. The maximum Gasteiger partial charge on any atom is 0.299 e. The van der Waals surface area contributed by atoms with Crippen LogP contribution in [0.1, 0.15) is 38.1 Å². The summed E-state index contributed by atoms with van der Waals surface area (Å²) in [5, 5.41) is 19.0. The first-order valence-electron chi connectivity index (χ1n) is 6.25. The number of fused-ring (bicyclic) bond motifs is 1. The van der Waals surface area contributed by atoms with Crippen molar-refractivity contribution in [1.29, 1.82) is 0 Å². The number of hydrogen-bond donors (Lipinski definition) is 0. The molecule has 0 N–H and O–H groups in total. The van der Waals surface area contributed by atoms with Crippen LogP contribution in [0.25, 0.3) is 11.0 Å². The molecule has 1 heterocycles. The third kappa shape index (κ3) is 1.73. The lowest BCUT2D eigenvalue weighted by atomic mass is 9.95. The average Bonchev–Trinajstić information content (AvgIpc) is 2.83. The van der Waals surface area contributed by atoms with Crippen molar-refractivity contribution in [2.45, 2.75) is 38.1 Å². The second-order valence-corrected chi connectivity index (χ2v) is 4.73. The van der Waals surface area contributed by atoms with Crippen LogP contribution in [-0.4, -0.2) is 19.9 Å². The minimum Gasteiger partial charge on any atom is -0.258 e. The molecule has 0 amide bonds. The number of hydrogen-bond acceptors (Lipinski definition) is 4. The number of nitro groups is 1. The van der Waals surface area contributed by atoms with Gasteiger partial charge in [-0.05, 0) is 18.9 Å². The summed E-state index contributed by atoms with van der Waals surface area (Å²) in [6.07, 6.45) is 5.83. The number of nitro benzene ring substituents is 1. The highest BCUT2D eigenvalue weighted by molar-refractivity contribution is 5.83. The number of benzene rings is 1. The van der Waals surface area contributed by atoms with E-state index in [4.69, 9.17) is 0 Å². The highest BCUT2D eigenvalue weighted by Gasteiger charge is 2.22. The van der Waals surface area contributed by atoms with Gasteiger partial charge in [-0.3, -0.25) is 10.1 Å². The Kier molecular flexibility index (Phi) is 2.70. The van der Waals surface area contributed by atoms with E-state index in [-0.39, 0.29) is 5.69 Å². The topological polar surface area (TPSA) is 73.8 Å². The summed E-state index contributed by atoms with van der Waals surface area (Å²) in [7, 11) is 0. The normalized spacial score (nSPS) is 17.1. The van der Waals surface area contributed by atoms with E-state index in [0.29, 0.717) is 11.6 Å². The van der Waals surface area contributed by atoms with Crippen molar-refractivity contribution in [3.63, 3.8) is 0 Å². The Hall–Kier alpha value is -1.98.